The van der Waals surface area contributed by atoms with Crippen LogP contribution in [0.4, 0.5) is 5.69 Å². The highest BCUT2D eigenvalue weighted by molar-refractivity contribution is 8.13. The first-order chi connectivity index (χ1) is 18.4. The number of hydrogen-bond acceptors (Lipinski definition) is 6. The lowest BCUT2D eigenvalue weighted by Crippen LogP contribution is -2.13. The van der Waals surface area contributed by atoms with Crippen molar-refractivity contribution in [2.75, 3.05) is 5.32 Å². The van der Waals surface area contributed by atoms with Gasteiger partial charge >= 0.3 is 0 Å². The summed E-state index contributed by atoms with van der Waals surface area (Å²) in [5.74, 6) is 1.07. The van der Waals surface area contributed by atoms with Gasteiger partial charge in [0.05, 0.1) is 22.7 Å². The van der Waals surface area contributed by atoms with Crippen LogP contribution in [0.5, 0.6) is 0 Å². The molecule has 2 aromatic heterocycles. The summed E-state index contributed by atoms with van der Waals surface area (Å²) >= 11 is 1.23. The van der Waals surface area contributed by atoms with Crippen LogP contribution in [0.25, 0.3) is 22.3 Å². The zero-order valence-electron chi connectivity index (χ0n) is 21.5. The number of benzene rings is 3. The Balaban J connectivity index is 1.50. The Bertz CT molecular complexity index is 1660. The number of rotatable bonds is 7. The zero-order valence-corrected chi connectivity index (χ0v) is 22.3. The summed E-state index contributed by atoms with van der Waals surface area (Å²) < 4.78 is 6.45. The van der Waals surface area contributed by atoms with E-state index in [9.17, 15) is 9.59 Å². The number of carbonyl (C=O) groups excluding carboxylic acids is 1. The van der Waals surface area contributed by atoms with E-state index in [1.165, 1.54) is 11.8 Å². The first-order valence-electron chi connectivity index (χ1n) is 12.5. The van der Waals surface area contributed by atoms with E-state index in [4.69, 9.17) is 4.42 Å². The number of pyridine rings is 1. The van der Waals surface area contributed by atoms with E-state index >= 15 is 0 Å². The molecule has 0 radical (unpaired) electrons. The first kappa shape index (κ1) is 25.5. The standard InChI is InChI=1S/C32H28N2O3S/c1-20-17-26(31-27(18-20)29(35)21(2)30(37-31)23-11-5-4-6-12-23)22(3)34-28-15-8-7-14-25(28)32(36)38-19-24-13-9-10-16-33-24/h4-18,22,34H,19H2,1-3H3/t22-/m1/s1. The maximum atomic E-state index is 13.4. The van der Waals surface area contributed by atoms with Gasteiger partial charge in [-0.15, -0.1) is 0 Å². The van der Waals surface area contributed by atoms with Gasteiger partial charge in [-0.1, -0.05) is 66.4 Å². The fraction of sp³-hybridized carbons (Fsp3) is 0.156. The fourth-order valence-electron chi connectivity index (χ4n) is 4.55. The summed E-state index contributed by atoms with van der Waals surface area (Å²) in [5, 5.41) is 4.03. The van der Waals surface area contributed by atoms with Gasteiger partial charge in [-0.05, 0) is 56.7 Å². The molecule has 5 nitrogen and oxygen atoms in total. The molecule has 0 saturated heterocycles. The van der Waals surface area contributed by atoms with Crippen LogP contribution in [0.15, 0.2) is 100 Å². The zero-order chi connectivity index (χ0) is 26.6. The SMILES string of the molecule is Cc1cc([C@@H](C)Nc2ccccc2C(=O)SCc2ccccn2)c2oc(-c3ccccc3)c(C)c(=O)c2c1. The smallest absolute Gasteiger partial charge is 0.221 e. The van der Waals surface area contributed by atoms with Crippen molar-refractivity contribution in [3.8, 4) is 11.3 Å². The highest BCUT2D eigenvalue weighted by Gasteiger charge is 2.20. The number of hydrogen-bond donors (Lipinski definition) is 1. The molecule has 1 atom stereocenters. The van der Waals surface area contributed by atoms with Crippen molar-refractivity contribution in [2.24, 2.45) is 0 Å². The quantitative estimate of drug-likeness (QED) is 0.237. The number of nitrogens with zero attached hydrogens (tertiary/aromatic N) is 1. The number of anilines is 1. The Morgan fingerprint density at radius 2 is 1.71 bits per heavy atom. The van der Waals surface area contributed by atoms with Crippen LogP contribution in [-0.4, -0.2) is 10.1 Å². The predicted octanol–water partition coefficient (Wildman–Crippen LogP) is 7.72. The van der Waals surface area contributed by atoms with Gasteiger partial charge < -0.3 is 9.73 Å². The molecule has 0 saturated carbocycles. The molecule has 190 valence electrons. The number of aromatic nitrogens is 1. The minimum Gasteiger partial charge on any atom is -0.455 e. The average molecular weight is 521 g/mol. The van der Waals surface area contributed by atoms with Crippen LogP contribution in [-0.2, 0) is 5.75 Å². The van der Waals surface area contributed by atoms with Gasteiger partial charge in [-0.25, -0.2) is 0 Å². The molecule has 0 aliphatic rings. The molecule has 0 bridgehead atoms. The molecule has 1 N–H and O–H groups in total. The summed E-state index contributed by atoms with van der Waals surface area (Å²) in [7, 11) is 0. The Labute approximate surface area is 225 Å². The number of fused-ring (bicyclic) bond motifs is 1. The van der Waals surface area contributed by atoms with Crippen molar-refractivity contribution in [1.29, 1.82) is 0 Å². The average Bonchev–Trinajstić information content (AvgIpc) is 2.95. The van der Waals surface area contributed by atoms with Crippen molar-refractivity contribution in [1.82, 2.24) is 4.98 Å². The fourth-order valence-corrected chi connectivity index (χ4v) is 5.34. The lowest BCUT2D eigenvalue weighted by Gasteiger charge is -2.20. The maximum Gasteiger partial charge on any atom is 0.221 e. The molecule has 0 fully saturated rings. The van der Waals surface area contributed by atoms with E-state index in [1.807, 2.05) is 106 Å². The monoisotopic (exact) mass is 520 g/mol. The Morgan fingerprint density at radius 3 is 2.47 bits per heavy atom. The summed E-state index contributed by atoms with van der Waals surface area (Å²) in [5.41, 5.74) is 5.97. The van der Waals surface area contributed by atoms with Crippen molar-refractivity contribution < 1.29 is 9.21 Å². The van der Waals surface area contributed by atoms with E-state index in [2.05, 4.69) is 10.3 Å². The second-order valence-corrected chi connectivity index (χ2v) is 10.2. The molecule has 2 heterocycles. The van der Waals surface area contributed by atoms with Crippen molar-refractivity contribution >= 4 is 33.5 Å². The van der Waals surface area contributed by atoms with E-state index in [0.717, 1.165) is 28.1 Å². The highest BCUT2D eigenvalue weighted by atomic mass is 32.2. The Morgan fingerprint density at radius 1 is 0.974 bits per heavy atom. The van der Waals surface area contributed by atoms with Crippen LogP contribution in [0.2, 0.25) is 0 Å². The van der Waals surface area contributed by atoms with Gasteiger partial charge in [0.2, 0.25) is 5.12 Å². The Hall–Kier alpha value is -4.16. The largest absolute Gasteiger partial charge is 0.455 e. The lowest BCUT2D eigenvalue weighted by molar-refractivity contribution is 0.108. The van der Waals surface area contributed by atoms with Gasteiger partial charge in [-0.3, -0.25) is 14.6 Å². The van der Waals surface area contributed by atoms with Crippen LogP contribution in [0.3, 0.4) is 0 Å². The third-order valence-corrected chi connectivity index (χ3v) is 7.41. The summed E-state index contributed by atoms with van der Waals surface area (Å²) in [6.45, 7) is 5.79. The Kier molecular flexibility index (Phi) is 7.43. The summed E-state index contributed by atoms with van der Waals surface area (Å²) in [4.78, 5) is 30.9. The molecule has 0 spiro atoms. The molecule has 3 aromatic carbocycles. The first-order valence-corrected chi connectivity index (χ1v) is 13.5. The molecular weight excluding hydrogens is 492 g/mol. The third kappa shape index (κ3) is 5.27. The van der Waals surface area contributed by atoms with Crippen LogP contribution >= 0.6 is 11.8 Å². The second-order valence-electron chi connectivity index (χ2n) is 9.29. The molecule has 0 amide bonds. The van der Waals surface area contributed by atoms with Gasteiger partial charge in [0.25, 0.3) is 0 Å². The molecule has 38 heavy (non-hydrogen) atoms. The summed E-state index contributed by atoms with van der Waals surface area (Å²) in [6.07, 6.45) is 1.73. The van der Waals surface area contributed by atoms with Crippen molar-refractivity contribution in [3.05, 3.63) is 129 Å². The van der Waals surface area contributed by atoms with Gasteiger partial charge in [0.15, 0.2) is 5.43 Å². The third-order valence-electron chi connectivity index (χ3n) is 6.49. The van der Waals surface area contributed by atoms with E-state index in [-0.39, 0.29) is 16.6 Å². The molecule has 5 aromatic rings. The molecule has 0 aliphatic carbocycles. The predicted molar refractivity (Wildman–Crippen MR) is 156 cm³/mol. The molecular formula is C32H28N2O3S. The minimum absolute atomic E-state index is 0.0337. The number of para-hydroxylation sites is 1. The van der Waals surface area contributed by atoms with E-state index in [1.54, 1.807) is 6.20 Å². The topological polar surface area (TPSA) is 72.2 Å². The van der Waals surface area contributed by atoms with Crippen LogP contribution < -0.4 is 10.7 Å². The van der Waals surface area contributed by atoms with E-state index in [0.29, 0.717) is 33.6 Å². The minimum atomic E-state index is -0.235. The van der Waals surface area contributed by atoms with E-state index < -0.39 is 0 Å². The van der Waals surface area contributed by atoms with Crippen molar-refractivity contribution in [2.45, 2.75) is 32.6 Å². The van der Waals surface area contributed by atoms with Crippen LogP contribution in [0, 0.1) is 13.8 Å². The van der Waals surface area contributed by atoms with Crippen LogP contribution in [0.1, 0.15) is 45.7 Å². The second kappa shape index (κ2) is 11.1. The molecule has 6 heteroatoms. The van der Waals surface area contributed by atoms with Crippen molar-refractivity contribution in [3.63, 3.8) is 0 Å². The molecule has 5 rings (SSSR count). The number of thioether (sulfide) groups is 1. The normalized spacial score (nSPS) is 11.9. The lowest BCUT2D eigenvalue weighted by atomic mass is 9.98. The molecule has 0 unspecified atom stereocenters. The van der Waals surface area contributed by atoms with Gasteiger partial charge in [0, 0.05) is 34.3 Å². The van der Waals surface area contributed by atoms with Gasteiger partial charge in [0.1, 0.15) is 11.3 Å². The molecule has 0 aliphatic heterocycles. The maximum absolute atomic E-state index is 13.4. The number of carbonyl (C=O) groups is 1. The number of aryl methyl sites for hydroxylation is 1. The highest BCUT2D eigenvalue weighted by Crippen LogP contribution is 2.33. The number of nitrogens with one attached hydrogen (secondary N) is 1. The van der Waals surface area contributed by atoms with Gasteiger partial charge in [-0.2, -0.15) is 0 Å². The summed E-state index contributed by atoms with van der Waals surface area (Å²) in [6, 6.07) is 26.5.